The van der Waals surface area contributed by atoms with Crippen LogP contribution in [0, 0.1) is 0 Å². The van der Waals surface area contributed by atoms with Crippen molar-refractivity contribution < 1.29 is 9.59 Å². The molecule has 4 heteroatoms. The molecule has 0 bridgehead atoms. The van der Waals surface area contributed by atoms with Crippen LogP contribution in [0.3, 0.4) is 0 Å². The summed E-state index contributed by atoms with van der Waals surface area (Å²) in [4.78, 5) is 21.9. The van der Waals surface area contributed by atoms with Gasteiger partial charge in [-0.25, -0.2) is 0 Å². The van der Waals surface area contributed by atoms with Crippen LogP contribution in [0.5, 0.6) is 0 Å². The van der Waals surface area contributed by atoms with Gasteiger partial charge in [0, 0.05) is 0 Å². The van der Waals surface area contributed by atoms with Crippen LogP contribution < -0.4 is 0 Å². The van der Waals surface area contributed by atoms with Gasteiger partial charge in [-0.1, -0.05) is 51.6 Å². The molecule has 0 heterocycles. The molecule has 0 N–H and O–H groups in total. The second kappa shape index (κ2) is 6.71. The van der Waals surface area contributed by atoms with Crippen molar-refractivity contribution in [2.45, 2.75) is 42.8 Å². The van der Waals surface area contributed by atoms with Gasteiger partial charge in [0.25, 0.3) is 0 Å². The summed E-state index contributed by atoms with van der Waals surface area (Å²) in [7, 11) is 0. The van der Waals surface area contributed by atoms with Gasteiger partial charge in [0.05, 0.1) is 9.65 Å². The predicted molar refractivity (Wildman–Crippen MR) is 60.6 cm³/mol. The van der Waals surface area contributed by atoms with Crippen LogP contribution in [0.1, 0.15) is 33.1 Å². The summed E-state index contributed by atoms with van der Waals surface area (Å²) >= 11 is 6.31. The third kappa shape index (κ3) is 4.91. The van der Waals surface area contributed by atoms with E-state index in [1.54, 1.807) is 6.92 Å². The number of hydrogen-bond acceptors (Lipinski definition) is 2. The Bertz CT molecular complexity index is 190. The van der Waals surface area contributed by atoms with E-state index in [0.29, 0.717) is 0 Å². The Morgan fingerprint density at radius 1 is 1.23 bits per heavy atom. The van der Waals surface area contributed by atoms with Gasteiger partial charge in [0.1, 0.15) is 0 Å². The van der Waals surface area contributed by atoms with Crippen LogP contribution in [0.4, 0.5) is 0 Å². The van der Waals surface area contributed by atoms with E-state index in [1.165, 1.54) is 0 Å². The molecule has 0 aliphatic rings. The molecule has 0 saturated carbocycles. The zero-order chi connectivity index (χ0) is 10.4. The van der Waals surface area contributed by atoms with E-state index in [0.717, 1.165) is 19.3 Å². The Labute approximate surface area is 95.7 Å². The quantitative estimate of drug-likeness (QED) is 0.558. The van der Waals surface area contributed by atoms with E-state index in [1.807, 2.05) is 0 Å². The van der Waals surface area contributed by atoms with Gasteiger partial charge in [-0.3, -0.25) is 9.59 Å². The first-order chi connectivity index (χ1) is 6.00. The predicted octanol–water partition coefficient (Wildman–Crippen LogP) is 2.86. The zero-order valence-corrected chi connectivity index (χ0v) is 11.0. The maximum absolute atomic E-state index is 11.4. The van der Waals surface area contributed by atoms with Gasteiger partial charge in [-0.15, -0.1) is 0 Å². The Kier molecular flexibility index (Phi) is 6.86. The summed E-state index contributed by atoms with van der Waals surface area (Å²) in [6.07, 6.45) is 2.74. The van der Waals surface area contributed by atoms with Crippen LogP contribution in [0.15, 0.2) is 0 Å². The van der Waals surface area contributed by atoms with Crippen LogP contribution >= 0.6 is 31.9 Å². The molecular formula is C9H14Br2O2. The first-order valence-corrected chi connectivity index (χ1v) is 6.20. The summed E-state index contributed by atoms with van der Waals surface area (Å²) in [5, 5.41) is 0. The third-order valence-electron chi connectivity index (χ3n) is 1.70. The highest BCUT2D eigenvalue weighted by molar-refractivity contribution is 9.10. The molecule has 0 saturated heterocycles. The van der Waals surface area contributed by atoms with E-state index in [4.69, 9.17) is 0 Å². The molecule has 0 fully saturated rings. The number of Topliss-reactive ketones (excluding diaryl/α,β-unsaturated/α-hetero) is 2. The average Bonchev–Trinajstić information content (AvgIpc) is 2.11. The number of hydrogen-bond donors (Lipinski definition) is 0. The van der Waals surface area contributed by atoms with Crippen LogP contribution in [0.2, 0.25) is 0 Å². The van der Waals surface area contributed by atoms with Crippen molar-refractivity contribution in [3.8, 4) is 0 Å². The molecule has 76 valence electrons. The maximum Gasteiger partial charge on any atom is 0.213 e. The molecule has 0 aliphatic carbocycles. The third-order valence-corrected chi connectivity index (χ3v) is 2.99. The number of carbonyl (C=O) groups is 2. The van der Waals surface area contributed by atoms with E-state index in [-0.39, 0.29) is 21.2 Å². The molecule has 0 rings (SSSR count). The van der Waals surface area contributed by atoms with Crippen LogP contribution in [-0.2, 0) is 9.59 Å². The first-order valence-electron chi connectivity index (χ1n) is 4.36. The maximum atomic E-state index is 11.4. The molecule has 0 radical (unpaired) electrons. The minimum Gasteiger partial charge on any atom is -0.290 e. The highest BCUT2D eigenvalue weighted by Gasteiger charge is 2.24. The Morgan fingerprint density at radius 2 is 1.77 bits per heavy atom. The highest BCUT2D eigenvalue weighted by atomic mass is 79.9. The first kappa shape index (κ1) is 13.3. The number of rotatable bonds is 6. The zero-order valence-electron chi connectivity index (χ0n) is 7.85. The minimum atomic E-state index is -0.373. The van der Waals surface area contributed by atoms with Gasteiger partial charge in [0.2, 0.25) is 11.6 Å². The van der Waals surface area contributed by atoms with Crippen molar-refractivity contribution in [1.82, 2.24) is 0 Å². The largest absolute Gasteiger partial charge is 0.290 e. The number of halogens is 2. The Balaban J connectivity index is 4.02. The van der Waals surface area contributed by atoms with E-state index < -0.39 is 0 Å². The molecule has 0 aromatic heterocycles. The summed E-state index contributed by atoms with van der Waals surface area (Å²) < 4.78 is 0. The Morgan fingerprint density at radius 3 is 2.15 bits per heavy atom. The molecule has 13 heavy (non-hydrogen) atoms. The van der Waals surface area contributed by atoms with Crippen molar-refractivity contribution in [1.29, 1.82) is 0 Å². The Hall–Kier alpha value is 0.300. The van der Waals surface area contributed by atoms with Crippen molar-refractivity contribution in [3.05, 3.63) is 0 Å². The molecule has 2 unspecified atom stereocenters. The molecule has 2 nitrogen and oxygen atoms in total. The van der Waals surface area contributed by atoms with Crippen LogP contribution in [-0.4, -0.2) is 21.2 Å². The van der Waals surface area contributed by atoms with E-state index in [9.17, 15) is 9.59 Å². The summed E-state index contributed by atoms with van der Waals surface area (Å²) in [6.45, 7) is 3.72. The van der Waals surface area contributed by atoms with Crippen molar-refractivity contribution in [2.24, 2.45) is 0 Å². The smallest absolute Gasteiger partial charge is 0.213 e. The summed E-state index contributed by atoms with van der Waals surface area (Å²) in [5.74, 6) is -0.671. The van der Waals surface area contributed by atoms with E-state index >= 15 is 0 Å². The number of ketones is 2. The normalized spacial score (nSPS) is 15.1. The molecule has 0 spiro atoms. The molecule has 2 atom stereocenters. The SMILES string of the molecule is CCCCC(Br)C(=O)C(=O)C(C)Br. The van der Waals surface area contributed by atoms with Crippen molar-refractivity contribution in [3.63, 3.8) is 0 Å². The minimum absolute atomic E-state index is 0.306. The lowest BCUT2D eigenvalue weighted by atomic mass is 10.1. The lowest BCUT2D eigenvalue weighted by Crippen LogP contribution is -2.29. The van der Waals surface area contributed by atoms with Gasteiger partial charge in [-0.2, -0.15) is 0 Å². The number of alkyl halides is 2. The van der Waals surface area contributed by atoms with E-state index in [2.05, 4.69) is 38.8 Å². The standard InChI is InChI=1S/C9H14Br2O2/c1-3-4-5-7(11)9(13)8(12)6(2)10/h6-7H,3-5H2,1-2H3. The fraction of sp³-hybridized carbons (Fsp3) is 0.778. The second-order valence-corrected chi connectivity index (χ2v) is 5.43. The second-order valence-electron chi connectivity index (χ2n) is 2.95. The molecule has 0 amide bonds. The van der Waals surface area contributed by atoms with Gasteiger partial charge in [-0.05, 0) is 13.3 Å². The molecule has 0 aromatic carbocycles. The van der Waals surface area contributed by atoms with Crippen molar-refractivity contribution in [2.75, 3.05) is 0 Å². The van der Waals surface area contributed by atoms with Gasteiger partial charge in [0.15, 0.2) is 0 Å². The number of unbranched alkanes of at least 4 members (excludes halogenated alkanes) is 1. The lowest BCUT2D eigenvalue weighted by Gasteiger charge is -2.07. The summed E-state index contributed by atoms with van der Waals surface area (Å²) in [6, 6.07) is 0. The fourth-order valence-corrected chi connectivity index (χ4v) is 1.64. The lowest BCUT2D eigenvalue weighted by molar-refractivity contribution is -0.135. The molecular weight excluding hydrogens is 300 g/mol. The monoisotopic (exact) mass is 312 g/mol. The van der Waals surface area contributed by atoms with Gasteiger partial charge < -0.3 is 0 Å². The van der Waals surface area contributed by atoms with Crippen molar-refractivity contribution >= 4 is 43.4 Å². The number of carbonyl (C=O) groups excluding carboxylic acids is 2. The van der Waals surface area contributed by atoms with Crippen LogP contribution in [0.25, 0.3) is 0 Å². The van der Waals surface area contributed by atoms with Gasteiger partial charge >= 0.3 is 0 Å². The molecule has 0 aliphatic heterocycles. The fourth-order valence-electron chi connectivity index (χ4n) is 0.865. The summed E-state index contributed by atoms with van der Waals surface area (Å²) in [5.41, 5.74) is 0. The molecule has 0 aromatic rings. The highest BCUT2D eigenvalue weighted by Crippen LogP contribution is 2.13. The topological polar surface area (TPSA) is 34.1 Å². The average molecular weight is 314 g/mol.